The molecule has 3 aliphatic rings. The molecule has 2 saturated carbocycles. The first-order valence-corrected chi connectivity index (χ1v) is 7.27. The van der Waals surface area contributed by atoms with Gasteiger partial charge in [0, 0.05) is 12.1 Å². The predicted octanol–water partition coefficient (Wildman–Crippen LogP) is 3.51. The lowest BCUT2D eigenvalue weighted by molar-refractivity contribution is 0.136. The molecule has 0 aromatic heterocycles. The van der Waals surface area contributed by atoms with Crippen LogP contribution in [0.2, 0.25) is 0 Å². The molecule has 0 aromatic carbocycles. The molecule has 0 aromatic rings. The summed E-state index contributed by atoms with van der Waals surface area (Å²) in [7, 11) is 0. The lowest BCUT2D eigenvalue weighted by atomic mass is 9.70. The van der Waals surface area contributed by atoms with Crippen LogP contribution in [0.5, 0.6) is 0 Å². The molecule has 2 fully saturated rings. The molecule has 0 bridgehead atoms. The minimum atomic E-state index is 0.808. The van der Waals surface area contributed by atoms with E-state index in [0.29, 0.717) is 0 Å². The van der Waals surface area contributed by atoms with E-state index in [9.17, 15) is 0 Å². The summed E-state index contributed by atoms with van der Waals surface area (Å²) in [5, 5.41) is 3.97. The summed E-state index contributed by atoms with van der Waals surface area (Å²) in [6, 6.07) is 1.62. The minimum absolute atomic E-state index is 0.808. The molecule has 0 saturated heterocycles. The van der Waals surface area contributed by atoms with E-state index in [-0.39, 0.29) is 0 Å². The quantitative estimate of drug-likeness (QED) is 0.553. The van der Waals surface area contributed by atoms with Gasteiger partial charge in [0.15, 0.2) is 0 Å². The van der Waals surface area contributed by atoms with Crippen molar-refractivity contribution in [2.24, 2.45) is 17.8 Å². The Bertz CT molecular complexity index is 271. The molecule has 1 N–H and O–H groups in total. The number of hydrogen-bond acceptors (Lipinski definition) is 1. The summed E-state index contributed by atoms with van der Waals surface area (Å²) in [6.07, 6.45) is 14.9. The maximum atomic E-state index is 3.97. The number of allylic oxidation sites excluding steroid dienone is 1. The van der Waals surface area contributed by atoms with E-state index in [0.717, 1.165) is 29.8 Å². The average Bonchev–Trinajstić information content (AvgIpc) is 2.51. The van der Waals surface area contributed by atoms with Crippen LogP contribution in [-0.4, -0.2) is 12.1 Å². The lowest BCUT2D eigenvalue weighted by Gasteiger charge is -2.43. The van der Waals surface area contributed by atoms with E-state index in [4.69, 9.17) is 0 Å². The van der Waals surface area contributed by atoms with Crippen LogP contribution in [0.3, 0.4) is 0 Å². The van der Waals surface area contributed by atoms with Gasteiger partial charge in [0.1, 0.15) is 0 Å². The Hall–Kier alpha value is -0.300. The smallest absolute Gasteiger partial charge is 0.0138 e. The van der Waals surface area contributed by atoms with Gasteiger partial charge in [-0.15, -0.1) is 0 Å². The van der Waals surface area contributed by atoms with Gasteiger partial charge in [-0.1, -0.05) is 38.3 Å². The van der Waals surface area contributed by atoms with Crippen molar-refractivity contribution in [1.82, 2.24) is 5.32 Å². The summed E-state index contributed by atoms with van der Waals surface area (Å²) in [4.78, 5) is 0. The van der Waals surface area contributed by atoms with Crippen LogP contribution in [0.1, 0.15) is 51.9 Å². The van der Waals surface area contributed by atoms with E-state index in [1.54, 1.807) is 0 Å². The van der Waals surface area contributed by atoms with Gasteiger partial charge in [-0.3, -0.25) is 0 Å². The number of rotatable bonds is 2. The van der Waals surface area contributed by atoms with Crippen molar-refractivity contribution < 1.29 is 0 Å². The fourth-order valence-electron chi connectivity index (χ4n) is 3.92. The number of fused-ring (bicyclic) bond motifs is 1. The fraction of sp³-hybridized carbons (Fsp3) is 0.867. The van der Waals surface area contributed by atoms with Gasteiger partial charge >= 0.3 is 0 Å². The van der Waals surface area contributed by atoms with Crippen molar-refractivity contribution in [3.8, 4) is 0 Å². The minimum Gasteiger partial charge on any atom is -0.310 e. The van der Waals surface area contributed by atoms with Gasteiger partial charge in [-0.05, 0) is 43.4 Å². The maximum absolute atomic E-state index is 3.97. The van der Waals surface area contributed by atoms with Gasteiger partial charge in [0.2, 0.25) is 0 Å². The standard InChI is InChI=1S/C15H25N/c1-11-6-3-2-4-9-14(11)16-15-10-12-7-5-8-13(12)15/h5,8,11-16H,2-4,6-7,9-10H2,1H3. The van der Waals surface area contributed by atoms with Crippen molar-refractivity contribution >= 4 is 0 Å². The first kappa shape index (κ1) is 10.8. The number of hydrogen-bond donors (Lipinski definition) is 1. The fourth-order valence-corrected chi connectivity index (χ4v) is 3.92. The molecule has 0 heterocycles. The van der Waals surface area contributed by atoms with Crippen LogP contribution in [0.25, 0.3) is 0 Å². The monoisotopic (exact) mass is 219 g/mol. The van der Waals surface area contributed by atoms with Crippen LogP contribution in [-0.2, 0) is 0 Å². The molecule has 3 aliphatic carbocycles. The second kappa shape index (κ2) is 4.52. The second-order valence-electron chi connectivity index (χ2n) is 6.23. The average molecular weight is 219 g/mol. The van der Waals surface area contributed by atoms with Crippen molar-refractivity contribution in [1.29, 1.82) is 0 Å². The third-order valence-electron chi connectivity index (χ3n) is 5.15. The van der Waals surface area contributed by atoms with Crippen LogP contribution in [0.15, 0.2) is 12.2 Å². The highest BCUT2D eigenvalue weighted by Gasteiger charge is 2.42. The summed E-state index contributed by atoms with van der Waals surface area (Å²) >= 11 is 0. The number of nitrogens with one attached hydrogen (secondary N) is 1. The van der Waals surface area contributed by atoms with Gasteiger partial charge in [0.05, 0.1) is 0 Å². The Balaban J connectivity index is 1.55. The molecule has 16 heavy (non-hydrogen) atoms. The van der Waals surface area contributed by atoms with Crippen molar-refractivity contribution in [3.63, 3.8) is 0 Å². The third kappa shape index (κ3) is 1.95. The Morgan fingerprint density at radius 2 is 1.94 bits per heavy atom. The lowest BCUT2D eigenvalue weighted by Crippen LogP contribution is -2.53. The van der Waals surface area contributed by atoms with Gasteiger partial charge in [-0.25, -0.2) is 0 Å². The molecule has 0 amide bonds. The maximum Gasteiger partial charge on any atom is 0.0138 e. The second-order valence-corrected chi connectivity index (χ2v) is 6.23. The molecule has 1 nitrogen and oxygen atoms in total. The zero-order chi connectivity index (χ0) is 11.0. The molecular formula is C15H25N. The topological polar surface area (TPSA) is 12.0 Å². The molecule has 0 aliphatic heterocycles. The highest BCUT2D eigenvalue weighted by molar-refractivity contribution is 5.13. The van der Waals surface area contributed by atoms with E-state index in [2.05, 4.69) is 24.4 Å². The molecule has 5 atom stereocenters. The molecular weight excluding hydrogens is 194 g/mol. The zero-order valence-electron chi connectivity index (χ0n) is 10.5. The third-order valence-corrected chi connectivity index (χ3v) is 5.15. The highest BCUT2D eigenvalue weighted by Crippen LogP contribution is 2.43. The Kier molecular flexibility index (Phi) is 3.06. The molecule has 0 radical (unpaired) electrons. The van der Waals surface area contributed by atoms with Gasteiger partial charge < -0.3 is 5.32 Å². The molecule has 1 heteroatoms. The zero-order valence-corrected chi connectivity index (χ0v) is 10.5. The van der Waals surface area contributed by atoms with Gasteiger partial charge in [0.25, 0.3) is 0 Å². The van der Waals surface area contributed by atoms with E-state index in [1.165, 1.54) is 44.9 Å². The van der Waals surface area contributed by atoms with Crippen LogP contribution in [0.4, 0.5) is 0 Å². The largest absolute Gasteiger partial charge is 0.310 e. The van der Waals surface area contributed by atoms with Crippen molar-refractivity contribution in [2.45, 2.75) is 64.0 Å². The normalized spacial score (nSPS) is 47.2. The summed E-state index contributed by atoms with van der Waals surface area (Å²) in [5.74, 6) is 2.78. The summed E-state index contributed by atoms with van der Waals surface area (Å²) < 4.78 is 0. The summed E-state index contributed by atoms with van der Waals surface area (Å²) in [5.41, 5.74) is 0. The predicted molar refractivity (Wildman–Crippen MR) is 68.3 cm³/mol. The van der Waals surface area contributed by atoms with Gasteiger partial charge in [-0.2, -0.15) is 0 Å². The van der Waals surface area contributed by atoms with Crippen LogP contribution in [0, 0.1) is 17.8 Å². The molecule has 5 unspecified atom stereocenters. The van der Waals surface area contributed by atoms with Crippen LogP contribution >= 0.6 is 0 Å². The first-order chi connectivity index (χ1) is 7.84. The molecule has 3 rings (SSSR count). The van der Waals surface area contributed by atoms with Crippen LogP contribution < -0.4 is 5.32 Å². The van der Waals surface area contributed by atoms with Crippen molar-refractivity contribution in [3.05, 3.63) is 12.2 Å². The highest BCUT2D eigenvalue weighted by atomic mass is 15.0. The Morgan fingerprint density at radius 1 is 1.06 bits per heavy atom. The van der Waals surface area contributed by atoms with E-state index in [1.807, 2.05) is 0 Å². The SMILES string of the molecule is CC1CCCCCC1NC1CC2CC=CC21. The molecule has 0 spiro atoms. The first-order valence-electron chi connectivity index (χ1n) is 7.27. The Labute approximate surface area is 99.7 Å². The Morgan fingerprint density at radius 3 is 2.81 bits per heavy atom. The van der Waals surface area contributed by atoms with Crippen molar-refractivity contribution in [2.75, 3.05) is 0 Å². The molecule has 90 valence electrons. The van der Waals surface area contributed by atoms with E-state index >= 15 is 0 Å². The summed E-state index contributed by atoms with van der Waals surface area (Å²) in [6.45, 7) is 2.45. The van der Waals surface area contributed by atoms with E-state index < -0.39 is 0 Å².